The molecule has 168 valence electrons. The molecule has 0 saturated heterocycles. The van der Waals surface area contributed by atoms with Gasteiger partial charge in [-0.1, -0.05) is 39.7 Å². The third kappa shape index (κ3) is 5.60. The van der Waals surface area contributed by atoms with Crippen molar-refractivity contribution in [3.05, 3.63) is 29.3 Å². The second-order valence-electron chi connectivity index (χ2n) is 7.99. The Morgan fingerprint density at radius 3 is 2.43 bits per heavy atom. The molecule has 1 aliphatic rings. The Bertz CT molecular complexity index is 864. The minimum Gasteiger partial charge on any atom is -0.449 e. The number of rotatable bonds is 8. The van der Waals surface area contributed by atoms with Gasteiger partial charge in [-0.25, -0.2) is 13.2 Å². The SMILES string of the molecule is CCN(CC)S(=O)(=O)c1cc(C(=O)OC(C)C(=O)NC2CCCCC2C)ccc1C. The van der Waals surface area contributed by atoms with Crippen LogP contribution in [0.3, 0.4) is 0 Å². The number of ether oxygens (including phenoxy) is 1. The van der Waals surface area contributed by atoms with Gasteiger partial charge in [0.2, 0.25) is 10.0 Å². The van der Waals surface area contributed by atoms with Gasteiger partial charge in [0.15, 0.2) is 6.10 Å². The molecule has 1 fully saturated rings. The minimum atomic E-state index is -3.71. The average Bonchev–Trinajstić information content (AvgIpc) is 2.70. The van der Waals surface area contributed by atoms with Crippen LogP contribution in [0.1, 0.15) is 69.3 Å². The largest absolute Gasteiger partial charge is 0.449 e. The van der Waals surface area contributed by atoms with Crippen molar-refractivity contribution in [3.63, 3.8) is 0 Å². The van der Waals surface area contributed by atoms with E-state index < -0.39 is 22.1 Å². The van der Waals surface area contributed by atoms with E-state index in [1.807, 2.05) is 0 Å². The lowest BCUT2D eigenvalue weighted by Gasteiger charge is -2.30. The highest BCUT2D eigenvalue weighted by Gasteiger charge is 2.28. The second kappa shape index (κ2) is 10.4. The fourth-order valence-electron chi connectivity index (χ4n) is 3.82. The standard InChI is InChI=1S/C22H34N2O5S/c1-6-24(7-2)30(27,28)20-14-18(13-12-16(20)4)22(26)29-17(5)21(25)23-19-11-9-8-10-15(19)3/h12-15,17,19H,6-11H2,1-5H3,(H,23,25). The number of amides is 1. The predicted molar refractivity (Wildman–Crippen MR) is 116 cm³/mol. The van der Waals surface area contributed by atoms with Gasteiger partial charge in [0.1, 0.15) is 0 Å². The number of carbonyl (C=O) groups excluding carboxylic acids is 2. The van der Waals surface area contributed by atoms with Crippen molar-refractivity contribution < 1.29 is 22.7 Å². The van der Waals surface area contributed by atoms with Crippen molar-refractivity contribution in [2.45, 2.75) is 77.3 Å². The molecule has 1 aliphatic carbocycles. The van der Waals surface area contributed by atoms with Crippen molar-refractivity contribution in [2.75, 3.05) is 13.1 Å². The summed E-state index contributed by atoms with van der Waals surface area (Å²) in [4.78, 5) is 25.2. The van der Waals surface area contributed by atoms with Gasteiger partial charge in [-0.15, -0.1) is 0 Å². The molecule has 2 rings (SSSR count). The van der Waals surface area contributed by atoms with E-state index in [0.717, 1.165) is 19.3 Å². The molecule has 3 atom stereocenters. The predicted octanol–water partition coefficient (Wildman–Crippen LogP) is 3.27. The Morgan fingerprint density at radius 2 is 1.83 bits per heavy atom. The number of nitrogens with zero attached hydrogens (tertiary/aromatic N) is 1. The summed E-state index contributed by atoms with van der Waals surface area (Å²) in [6.45, 7) is 9.54. The Hall–Kier alpha value is -1.93. The van der Waals surface area contributed by atoms with Gasteiger partial charge >= 0.3 is 5.97 Å². The van der Waals surface area contributed by atoms with Gasteiger partial charge in [-0.3, -0.25) is 4.79 Å². The monoisotopic (exact) mass is 438 g/mol. The maximum Gasteiger partial charge on any atom is 0.338 e. The normalized spacial score (nSPS) is 20.6. The molecule has 1 saturated carbocycles. The van der Waals surface area contributed by atoms with Crippen LogP contribution in [0, 0.1) is 12.8 Å². The summed E-state index contributed by atoms with van der Waals surface area (Å²) in [6, 6.07) is 4.53. The van der Waals surface area contributed by atoms with E-state index in [2.05, 4.69) is 12.2 Å². The van der Waals surface area contributed by atoms with Crippen molar-refractivity contribution in [1.82, 2.24) is 9.62 Å². The highest BCUT2D eigenvalue weighted by molar-refractivity contribution is 7.89. The molecule has 1 amide bonds. The van der Waals surface area contributed by atoms with Crippen LogP contribution >= 0.6 is 0 Å². The van der Waals surface area contributed by atoms with E-state index in [-0.39, 0.29) is 22.4 Å². The van der Waals surface area contributed by atoms with Crippen LogP contribution in [0.2, 0.25) is 0 Å². The second-order valence-corrected chi connectivity index (χ2v) is 9.90. The number of carbonyl (C=O) groups is 2. The summed E-state index contributed by atoms with van der Waals surface area (Å²) >= 11 is 0. The lowest BCUT2D eigenvalue weighted by molar-refractivity contribution is -0.130. The topological polar surface area (TPSA) is 92.8 Å². The summed E-state index contributed by atoms with van der Waals surface area (Å²) in [5.41, 5.74) is 0.660. The Balaban J connectivity index is 2.12. The molecule has 0 aliphatic heterocycles. The summed E-state index contributed by atoms with van der Waals surface area (Å²) in [5.74, 6) is -0.647. The zero-order valence-corrected chi connectivity index (χ0v) is 19.4. The number of benzene rings is 1. The number of nitrogens with one attached hydrogen (secondary N) is 1. The van der Waals surface area contributed by atoms with Gasteiger partial charge in [-0.2, -0.15) is 4.31 Å². The van der Waals surface area contributed by atoms with Crippen LogP contribution in [0.15, 0.2) is 23.1 Å². The summed E-state index contributed by atoms with van der Waals surface area (Å²) in [6.07, 6.45) is 3.29. The van der Waals surface area contributed by atoms with Crippen molar-refractivity contribution in [1.29, 1.82) is 0 Å². The summed E-state index contributed by atoms with van der Waals surface area (Å²) in [7, 11) is -3.71. The molecule has 7 nitrogen and oxygen atoms in total. The summed E-state index contributed by atoms with van der Waals surface area (Å²) in [5, 5.41) is 2.98. The number of hydrogen-bond donors (Lipinski definition) is 1. The quantitative estimate of drug-likeness (QED) is 0.629. The first kappa shape index (κ1) is 24.3. The van der Waals surface area contributed by atoms with Crippen LogP contribution in [-0.4, -0.2) is 49.8 Å². The maximum atomic E-state index is 12.9. The molecule has 3 unspecified atom stereocenters. The molecular weight excluding hydrogens is 404 g/mol. The summed E-state index contributed by atoms with van der Waals surface area (Å²) < 4.78 is 32.4. The maximum absolute atomic E-state index is 12.9. The van der Waals surface area contributed by atoms with Gasteiger partial charge in [-0.05, 0) is 50.3 Å². The van der Waals surface area contributed by atoms with Crippen molar-refractivity contribution in [2.24, 2.45) is 5.92 Å². The number of esters is 1. The van der Waals surface area contributed by atoms with Crippen LogP contribution < -0.4 is 5.32 Å². The first-order valence-electron chi connectivity index (χ1n) is 10.7. The van der Waals surface area contributed by atoms with Crippen molar-refractivity contribution >= 4 is 21.9 Å². The van der Waals surface area contributed by atoms with Crippen LogP contribution in [0.25, 0.3) is 0 Å². The van der Waals surface area contributed by atoms with Crippen molar-refractivity contribution in [3.8, 4) is 0 Å². The highest BCUT2D eigenvalue weighted by atomic mass is 32.2. The molecule has 0 heterocycles. The Labute approximate surface area is 180 Å². The van der Waals surface area contributed by atoms with Crippen LogP contribution in [-0.2, 0) is 19.6 Å². The molecule has 0 aromatic heterocycles. The first-order chi connectivity index (χ1) is 14.1. The molecule has 1 aromatic carbocycles. The molecule has 0 radical (unpaired) electrons. The third-order valence-corrected chi connectivity index (χ3v) is 8.03. The molecule has 0 bridgehead atoms. The molecule has 1 aromatic rings. The first-order valence-corrected chi connectivity index (χ1v) is 12.2. The zero-order chi connectivity index (χ0) is 22.5. The Kier molecular flexibility index (Phi) is 8.43. The van der Waals surface area contributed by atoms with Gasteiger partial charge in [0.25, 0.3) is 5.91 Å². The van der Waals surface area contributed by atoms with E-state index in [4.69, 9.17) is 4.74 Å². The fraction of sp³-hybridized carbons (Fsp3) is 0.636. The Morgan fingerprint density at radius 1 is 1.20 bits per heavy atom. The van der Waals surface area contributed by atoms with Crippen LogP contribution in [0.4, 0.5) is 0 Å². The van der Waals surface area contributed by atoms with Gasteiger partial charge in [0, 0.05) is 19.1 Å². The van der Waals surface area contributed by atoms with E-state index in [1.54, 1.807) is 26.8 Å². The van der Waals surface area contributed by atoms with Crippen LogP contribution in [0.5, 0.6) is 0 Å². The average molecular weight is 439 g/mol. The molecular formula is C22H34N2O5S. The fourth-order valence-corrected chi connectivity index (χ4v) is 5.53. The molecule has 1 N–H and O–H groups in total. The minimum absolute atomic E-state index is 0.0776. The van der Waals surface area contributed by atoms with E-state index in [9.17, 15) is 18.0 Å². The zero-order valence-electron chi connectivity index (χ0n) is 18.6. The lowest BCUT2D eigenvalue weighted by atomic mass is 9.86. The number of sulfonamides is 1. The smallest absolute Gasteiger partial charge is 0.338 e. The van der Waals surface area contributed by atoms with Gasteiger partial charge in [0.05, 0.1) is 10.5 Å². The molecule has 8 heteroatoms. The highest BCUT2D eigenvalue weighted by Crippen LogP contribution is 2.24. The third-order valence-electron chi connectivity index (χ3n) is 5.84. The van der Waals surface area contributed by atoms with E-state index in [1.165, 1.54) is 29.8 Å². The molecule has 30 heavy (non-hydrogen) atoms. The number of aryl methyl sites for hydroxylation is 1. The van der Waals surface area contributed by atoms with E-state index in [0.29, 0.717) is 24.6 Å². The lowest BCUT2D eigenvalue weighted by Crippen LogP contribution is -2.46. The van der Waals surface area contributed by atoms with Gasteiger partial charge < -0.3 is 10.1 Å². The van der Waals surface area contributed by atoms with E-state index >= 15 is 0 Å². The number of hydrogen-bond acceptors (Lipinski definition) is 5. The molecule has 0 spiro atoms.